The third-order valence-corrected chi connectivity index (χ3v) is 4.03. The summed E-state index contributed by atoms with van der Waals surface area (Å²) in [5, 5.41) is 10.8. The molecule has 2 rings (SSSR count). The zero-order valence-electron chi connectivity index (χ0n) is 10.7. The van der Waals surface area contributed by atoms with Gasteiger partial charge in [-0.3, -0.25) is 4.72 Å². The Morgan fingerprint density at radius 2 is 1.80 bits per heavy atom. The summed E-state index contributed by atoms with van der Waals surface area (Å²) in [4.78, 5) is 10.6. The van der Waals surface area contributed by atoms with E-state index in [4.69, 9.17) is 0 Å². The van der Waals surface area contributed by atoms with Crippen LogP contribution in [0.5, 0.6) is 0 Å². The van der Waals surface area contributed by atoms with Crippen molar-refractivity contribution < 1.29 is 18.3 Å². The summed E-state index contributed by atoms with van der Waals surface area (Å²) in [7, 11) is -3.83. The molecule has 0 saturated heterocycles. The topological polar surface area (TPSA) is 86.3 Å². The van der Waals surface area contributed by atoms with E-state index >= 15 is 0 Å². The quantitative estimate of drug-likeness (QED) is 0.915. The standard InChI is InChI=1S/C14H13NO4S/c1-10-4-2-6-12(8-10)15-20(18,19)13-7-3-5-11(9-13)14(16)17/h2-9,15H,1H3,(H,16,17)/p-1. The van der Waals surface area contributed by atoms with E-state index in [0.29, 0.717) is 5.69 Å². The summed E-state index contributed by atoms with van der Waals surface area (Å²) < 4.78 is 26.7. The Labute approximate surface area is 116 Å². The third kappa shape index (κ3) is 3.16. The molecule has 0 aromatic heterocycles. The van der Waals surface area contributed by atoms with E-state index in [9.17, 15) is 18.3 Å². The second-order valence-corrected chi connectivity index (χ2v) is 5.97. The van der Waals surface area contributed by atoms with Crippen LogP contribution in [-0.4, -0.2) is 14.4 Å². The van der Waals surface area contributed by atoms with Gasteiger partial charge in [0.15, 0.2) is 0 Å². The average Bonchev–Trinajstić information content (AvgIpc) is 2.38. The van der Waals surface area contributed by atoms with E-state index in [1.807, 2.05) is 13.0 Å². The summed E-state index contributed by atoms with van der Waals surface area (Å²) in [5.41, 5.74) is 1.15. The number of carbonyl (C=O) groups excluding carboxylic acids is 1. The molecule has 2 aromatic carbocycles. The third-order valence-electron chi connectivity index (χ3n) is 2.65. The van der Waals surface area contributed by atoms with Gasteiger partial charge in [-0.2, -0.15) is 0 Å². The number of carboxylic acid groups (broad SMARTS) is 1. The number of aromatic carboxylic acids is 1. The van der Waals surface area contributed by atoms with Gasteiger partial charge >= 0.3 is 0 Å². The fraction of sp³-hybridized carbons (Fsp3) is 0.0714. The molecule has 0 amide bonds. The van der Waals surface area contributed by atoms with Gasteiger partial charge in [0.25, 0.3) is 10.0 Å². The molecule has 0 aliphatic carbocycles. The lowest BCUT2D eigenvalue weighted by Gasteiger charge is -2.10. The normalized spacial score (nSPS) is 11.1. The molecule has 20 heavy (non-hydrogen) atoms. The van der Waals surface area contributed by atoms with Crippen LogP contribution >= 0.6 is 0 Å². The molecule has 0 bridgehead atoms. The molecule has 104 valence electrons. The van der Waals surface area contributed by atoms with Crippen LogP contribution in [0.2, 0.25) is 0 Å². The lowest BCUT2D eigenvalue weighted by molar-refractivity contribution is -0.255. The van der Waals surface area contributed by atoms with Crippen molar-refractivity contribution in [1.29, 1.82) is 0 Å². The number of aryl methyl sites for hydroxylation is 1. The van der Waals surface area contributed by atoms with Crippen LogP contribution in [0.1, 0.15) is 15.9 Å². The zero-order valence-corrected chi connectivity index (χ0v) is 11.5. The number of benzene rings is 2. The number of carbonyl (C=O) groups is 1. The fourth-order valence-corrected chi connectivity index (χ4v) is 2.81. The lowest BCUT2D eigenvalue weighted by Crippen LogP contribution is -2.23. The molecule has 0 heterocycles. The number of hydrogen-bond acceptors (Lipinski definition) is 4. The number of carboxylic acids is 1. The predicted octanol–water partition coefficient (Wildman–Crippen LogP) is 1.16. The van der Waals surface area contributed by atoms with Gasteiger partial charge in [0.05, 0.1) is 10.9 Å². The number of sulfonamides is 1. The molecule has 0 radical (unpaired) electrons. The van der Waals surface area contributed by atoms with E-state index in [2.05, 4.69) is 4.72 Å². The van der Waals surface area contributed by atoms with E-state index < -0.39 is 16.0 Å². The molecule has 6 heteroatoms. The molecule has 0 saturated carbocycles. The van der Waals surface area contributed by atoms with Gasteiger partial charge in [0.2, 0.25) is 0 Å². The molecular formula is C14H12NO4S-. The Bertz CT molecular complexity index is 753. The molecule has 0 fully saturated rings. The fourth-order valence-electron chi connectivity index (χ4n) is 1.71. The molecule has 0 aliphatic rings. The van der Waals surface area contributed by atoms with Gasteiger partial charge in [-0.05, 0) is 42.3 Å². The minimum Gasteiger partial charge on any atom is -0.545 e. The van der Waals surface area contributed by atoms with E-state index in [0.717, 1.165) is 11.6 Å². The number of hydrogen-bond donors (Lipinski definition) is 1. The number of nitrogens with one attached hydrogen (secondary N) is 1. The Morgan fingerprint density at radius 1 is 1.10 bits per heavy atom. The van der Waals surface area contributed by atoms with Crippen molar-refractivity contribution in [2.45, 2.75) is 11.8 Å². The first-order chi connectivity index (χ1) is 9.38. The van der Waals surface area contributed by atoms with Crippen molar-refractivity contribution in [3.05, 3.63) is 59.7 Å². The first-order valence-corrected chi connectivity index (χ1v) is 7.28. The highest BCUT2D eigenvalue weighted by Gasteiger charge is 2.14. The second-order valence-electron chi connectivity index (χ2n) is 4.29. The minimum absolute atomic E-state index is 0.124. The number of anilines is 1. The van der Waals surface area contributed by atoms with Gasteiger partial charge in [0.1, 0.15) is 0 Å². The van der Waals surface area contributed by atoms with Crippen molar-refractivity contribution in [3.63, 3.8) is 0 Å². The maximum absolute atomic E-state index is 12.2. The second kappa shape index (κ2) is 5.34. The van der Waals surface area contributed by atoms with Crippen molar-refractivity contribution in [3.8, 4) is 0 Å². The van der Waals surface area contributed by atoms with Crippen LogP contribution in [0, 0.1) is 6.92 Å². The van der Waals surface area contributed by atoms with Gasteiger partial charge in [0, 0.05) is 5.69 Å². The average molecular weight is 290 g/mol. The highest BCUT2D eigenvalue weighted by molar-refractivity contribution is 7.92. The maximum atomic E-state index is 12.2. The van der Waals surface area contributed by atoms with Gasteiger partial charge in [-0.25, -0.2) is 8.42 Å². The SMILES string of the molecule is Cc1cccc(NS(=O)(=O)c2cccc(C(=O)[O-])c2)c1. The highest BCUT2D eigenvalue weighted by atomic mass is 32.2. The molecular weight excluding hydrogens is 278 g/mol. The Balaban J connectivity index is 2.35. The highest BCUT2D eigenvalue weighted by Crippen LogP contribution is 2.17. The first kappa shape index (κ1) is 14.1. The largest absolute Gasteiger partial charge is 0.545 e. The Morgan fingerprint density at radius 3 is 2.45 bits per heavy atom. The molecule has 2 aromatic rings. The number of rotatable bonds is 4. The van der Waals surface area contributed by atoms with E-state index in [-0.39, 0.29) is 10.5 Å². The van der Waals surface area contributed by atoms with Crippen LogP contribution in [0.4, 0.5) is 5.69 Å². The minimum atomic E-state index is -3.83. The van der Waals surface area contributed by atoms with Gasteiger partial charge in [-0.15, -0.1) is 0 Å². The Hall–Kier alpha value is -2.34. The molecule has 0 unspecified atom stereocenters. The molecule has 0 atom stereocenters. The maximum Gasteiger partial charge on any atom is 0.261 e. The smallest absolute Gasteiger partial charge is 0.261 e. The molecule has 0 spiro atoms. The van der Waals surface area contributed by atoms with Crippen LogP contribution in [0.25, 0.3) is 0 Å². The molecule has 0 aliphatic heterocycles. The van der Waals surface area contributed by atoms with Crippen molar-refractivity contribution in [2.24, 2.45) is 0 Å². The van der Waals surface area contributed by atoms with Gasteiger partial charge in [-0.1, -0.05) is 24.3 Å². The van der Waals surface area contributed by atoms with E-state index in [1.165, 1.54) is 18.2 Å². The predicted molar refractivity (Wildman–Crippen MR) is 72.8 cm³/mol. The van der Waals surface area contributed by atoms with Crippen LogP contribution < -0.4 is 9.83 Å². The summed E-state index contributed by atoms with van der Waals surface area (Å²) in [6, 6.07) is 11.9. The van der Waals surface area contributed by atoms with E-state index in [1.54, 1.807) is 18.2 Å². The summed E-state index contributed by atoms with van der Waals surface area (Å²) in [5.74, 6) is -1.42. The first-order valence-electron chi connectivity index (χ1n) is 5.79. The summed E-state index contributed by atoms with van der Waals surface area (Å²) in [6.45, 7) is 1.84. The molecule has 5 nitrogen and oxygen atoms in total. The van der Waals surface area contributed by atoms with Crippen molar-refractivity contribution >= 4 is 21.7 Å². The van der Waals surface area contributed by atoms with Crippen LogP contribution in [-0.2, 0) is 10.0 Å². The Kier molecular flexibility index (Phi) is 3.76. The van der Waals surface area contributed by atoms with Crippen molar-refractivity contribution in [1.82, 2.24) is 0 Å². The summed E-state index contributed by atoms with van der Waals surface area (Å²) >= 11 is 0. The van der Waals surface area contributed by atoms with Crippen molar-refractivity contribution in [2.75, 3.05) is 4.72 Å². The van der Waals surface area contributed by atoms with Gasteiger partial charge < -0.3 is 9.90 Å². The lowest BCUT2D eigenvalue weighted by atomic mass is 10.2. The monoisotopic (exact) mass is 290 g/mol. The van der Waals surface area contributed by atoms with Crippen LogP contribution in [0.3, 0.4) is 0 Å². The molecule has 1 N–H and O–H groups in total. The summed E-state index contributed by atoms with van der Waals surface area (Å²) in [6.07, 6.45) is 0. The zero-order chi connectivity index (χ0) is 14.8. The van der Waals surface area contributed by atoms with Crippen LogP contribution in [0.15, 0.2) is 53.4 Å².